The number of hydrogen-bond acceptors (Lipinski definition) is 3. The molecule has 5 amide bonds. The van der Waals surface area contributed by atoms with Crippen molar-refractivity contribution in [1.29, 1.82) is 0 Å². The molecule has 2 aromatic carbocycles. The molecule has 0 saturated carbocycles. The van der Waals surface area contributed by atoms with Gasteiger partial charge in [-0.25, -0.2) is 9.59 Å². The molecule has 35 heavy (non-hydrogen) atoms. The third kappa shape index (κ3) is 7.36. The molecule has 2 aromatic rings. The summed E-state index contributed by atoms with van der Waals surface area (Å²) in [4.78, 5) is 42.2. The van der Waals surface area contributed by atoms with Crippen LogP contribution in [0.2, 0.25) is 5.02 Å². The molecule has 1 fully saturated rings. The molecule has 3 N–H and O–H groups in total. The van der Waals surface area contributed by atoms with Gasteiger partial charge in [0.15, 0.2) is 0 Å². The Balaban J connectivity index is 1.57. The van der Waals surface area contributed by atoms with Crippen LogP contribution in [0, 0.1) is 5.92 Å². The number of carbonyl (C=O) groups excluding carboxylic acids is 3. The Morgan fingerprint density at radius 2 is 1.83 bits per heavy atom. The number of carbonyl (C=O) groups is 3. The maximum Gasteiger partial charge on any atom is 0.322 e. The molecule has 1 heterocycles. The van der Waals surface area contributed by atoms with Crippen molar-refractivity contribution in [2.75, 3.05) is 25.0 Å². The highest BCUT2D eigenvalue weighted by molar-refractivity contribution is 6.30. The van der Waals surface area contributed by atoms with Gasteiger partial charge in [-0.1, -0.05) is 68.3 Å². The molecule has 3 rings (SSSR count). The van der Waals surface area contributed by atoms with Gasteiger partial charge in [-0.3, -0.25) is 4.79 Å². The largest absolute Gasteiger partial charge is 0.337 e. The predicted octanol–water partition coefficient (Wildman–Crippen LogP) is 4.32. The van der Waals surface area contributed by atoms with Crippen molar-refractivity contribution in [2.45, 2.75) is 45.8 Å². The van der Waals surface area contributed by atoms with Crippen LogP contribution in [0.1, 0.15) is 32.8 Å². The fourth-order valence-electron chi connectivity index (χ4n) is 4.07. The van der Waals surface area contributed by atoms with Crippen molar-refractivity contribution in [2.24, 2.45) is 5.92 Å². The molecule has 3 unspecified atom stereocenters. The van der Waals surface area contributed by atoms with Crippen LogP contribution in [-0.2, 0) is 11.3 Å². The van der Waals surface area contributed by atoms with Crippen LogP contribution < -0.4 is 16.0 Å². The van der Waals surface area contributed by atoms with E-state index < -0.39 is 6.04 Å². The molecular weight excluding hydrogens is 466 g/mol. The molecule has 0 aliphatic carbocycles. The monoisotopic (exact) mass is 499 g/mol. The molecule has 0 radical (unpaired) electrons. The summed E-state index contributed by atoms with van der Waals surface area (Å²) in [5.41, 5.74) is 1.60. The highest BCUT2D eigenvalue weighted by Crippen LogP contribution is 2.19. The lowest BCUT2D eigenvalue weighted by molar-refractivity contribution is -0.136. The van der Waals surface area contributed by atoms with Crippen LogP contribution in [0.5, 0.6) is 0 Å². The van der Waals surface area contributed by atoms with E-state index in [2.05, 4.69) is 16.0 Å². The maximum absolute atomic E-state index is 13.4. The summed E-state index contributed by atoms with van der Waals surface area (Å²) in [7, 11) is 0. The third-order valence-corrected chi connectivity index (χ3v) is 6.57. The summed E-state index contributed by atoms with van der Waals surface area (Å²) in [6.45, 7) is 7.43. The van der Waals surface area contributed by atoms with E-state index in [0.717, 1.165) is 12.0 Å². The number of nitrogens with zero attached hydrogens (tertiary/aromatic N) is 2. The zero-order valence-corrected chi connectivity index (χ0v) is 21.2. The van der Waals surface area contributed by atoms with Gasteiger partial charge in [-0.05, 0) is 36.6 Å². The van der Waals surface area contributed by atoms with Gasteiger partial charge in [0.05, 0.1) is 0 Å². The van der Waals surface area contributed by atoms with Gasteiger partial charge >= 0.3 is 12.1 Å². The molecule has 8 nitrogen and oxygen atoms in total. The first kappa shape index (κ1) is 26.3. The van der Waals surface area contributed by atoms with Crippen molar-refractivity contribution in [3.8, 4) is 0 Å². The normalized spacial score (nSPS) is 17.3. The van der Waals surface area contributed by atoms with Gasteiger partial charge in [0.25, 0.3) is 0 Å². The van der Waals surface area contributed by atoms with Crippen molar-refractivity contribution in [3.05, 3.63) is 65.2 Å². The van der Waals surface area contributed by atoms with Gasteiger partial charge in [0, 0.05) is 42.9 Å². The SMILES string of the molecule is CCC(C)C(NC(=O)NCc1ccccc1)C(=O)N1CCN(C(=O)Nc2cccc(Cl)c2)C(C)C1. The van der Waals surface area contributed by atoms with E-state index >= 15 is 0 Å². The Bertz CT molecular complexity index is 1020. The second kappa shape index (κ2) is 12.4. The summed E-state index contributed by atoms with van der Waals surface area (Å²) in [5, 5.41) is 9.12. The molecule has 0 aromatic heterocycles. The summed E-state index contributed by atoms with van der Waals surface area (Å²) in [6, 6.07) is 15.2. The van der Waals surface area contributed by atoms with E-state index in [1.807, 2.05) is 51.1 Å². The van der Waals surface area contributed by atoms with Crippen LogP contribution in [0.3, 0.4) is 0 Å². The van der Waals surface area contributed by atoms with E-state index in [0.29, 0.717) is 36.9 Å². The van der Waals surface area contributed by atoms with Crippen LogP contribution in [0.15, 0.2) is 54.6 Å². The van der Waals surface area contributed by atoms with Crippen LogP contribution in [0.4, 0.5) is 15.3 Å². The molecular formula is C26H34ClN5O3. The highest BCUT2D eigenvalue weighted by atomic mass is 35.5. The minimum atomic E-state index is -0.644. The minimum absolute atomic E-state index is 0.0376. The molecule has 0 bridgehead atoms. The number of piperazine rings is 1. The molecule has 188 valence electrons. The Morgan fingerprint density at radius 1 is 1.09 bits per heavy atom. The molecule has 3 atom stereocenters. The molecule has 1 aliphatic heterocycles. The van der Waals surface area contributed by atoms with Gasteiger partial charge in [-0.15, -0.1) is 0 Å². The van der Waals surface area contributed by atoms with Gasteiger partial charge < -0.3 is 25.8 Å². The number of rotatable bonds is 7. The summed E-state index contributed by atoms with van der Waals surface area (Å²) in [6.07, 6.45) is 0.743. The van der Waals surface area contributed by atoms with Crippen LogP contribution in [0.25, 0.3) is 0 Å². The van der Waals surface area contributed by atoms with Crippen molar-refractivity contribution in [3.63, 3.8) is 0 Å². The Hall–Kier alpha value is -3.26. The predicted molar refractivity (Wildman–Crippen MR) is 138 cm³/mol. The van der Waals surface area contributed by atoms with Crippen molar-refractivity contribution < 1.29 is 14.4 Å². The standard InChI is InChI=1S/C26H34ClN5O3/c1-4-18(2)23(30-25(34)28-16-20-9-6-5-7-10-20)24(33)31-13-14-32(19(3)17-31)26(35)29-22-12-8-11-21(27)15-22/h5-12,15,18-19,23H,4,13-14,16-17H2,1-3H3,(H,29,35)(H2,28,30,34). The fourth-order valence-corrected chi connectivity index (χ4v) is 4.26. The van der Waals surface area contributed by atoms with Crippen LogP contribution in [-0.4, -0.2) is 59.5 Å². The number of amides is 5. The summed E-state index contributed by atoms with van der Waals surface area (Å²) < 4.78 is 0. The molecule has 1 saturated heterocycles. The average molecular weight is 500 g/mol. The third-order valence-electron chi connectivity index (χ3n) is 6.34. The maximum atomic E-state index is 13.4. The van der Waals surface area contributed by atoms with Crippen LogP contribution >= 0.6 is 11.6 Å². The van der Waals surface area contributed by atoms with E-state index in [1.165, 1.54) is 0 Å². The van der Waals surface area contributed by atoms with E-state index in [-0.39, 0.29) is 29.9 Å². The van der Waals surface area contributed by atoms with Crippen molar-refractivity contribution >= 4 is 35.3 Å². The number of anilines is 1. The lowest BCUT2D eigenvalue weighted by Gasteiger charge is -2.41. The zero-order chi connectivity index (χ0) is 25.4. The lowest BCUT2D eigenvalue weighted by atomic mass is 9.97. The van der Waals surface area contributed by atoms with E-state index in [9.17, 15) is 14.4 Å². The first-order valence-corrected chi connectivity index (χ1v) is 12.4. The second-order valence-corrected chi connectivity index (χ2v) is 9.38. The minimum Gasteiger partial charge on any atom is -0.337 e. The average Bonchev–Trinajstić information content (AvgIpc) is 2.85. The van der Waals surface area contributed by atoms with Crippen molar-refractivity contribution in [1.82, 2.24) is 20.4 Å². The second-order valence-electron chi connectivity index (χ2n) is 8.94. The first-order chi connectivity index (χ1) is 16.8. The summed E-state index contributed by atoms with van der Waals surface area (Å²) >= 11 is 6.01. The topological polar surface area (TPSA) is 93.8 Å². The number of urea groups is 2. The lowest BCUT2D eigenvalue weighted by Crippen LogP contribution is -2.61. The smallest absolute Gasteiger partial charge is 0.322 e. The summed E-state index contributed by atoms with van der Waals surface area (Å²) in [5.74, 6) is -0.166. The number of nitrogens with one attached hydrogen (secondary N) is 3. The molecule has 1 aliphatic rings. The Morgan fingerprint density at radius 3 is 2.49 bits per heavy atom. The quantitative estimate of drug-likeness (QED) is 0.529. The fraction of sp³-hybridized carbons (Fsp3) is 0.423. The van der Waals surface area contributed by atoms with Gasteiger partial charge in [-0.2, -0.15) is 0 Å². The Kier molecular flexibility index (Phi) is 9.37. The zero-order valence-electron chi connectivity index (χ0n) is 20.5. The van der Waals surface area contributed by atoms with Gasteiger partial charge in [0.1, 0.15) is 6.04 Å². The van der Waals surface area contributed by atoms with Gasteiger partial charge in [0.2, 0.25) is 5.91 Å². The molecule has 0 spiro atoms. The Labute approximate surface area is 212 Å². The van der Waals surface area contributed by atoms with E-state index in [1.54, 1.807) is 34.1 Å². The number of halogens is 1. The number of benzene rings is 2. The first-order valence-electron chi connectivity index (χ1n) is 12.0. The highest BCUT2D eigenvalue weighted by Gasteiger charge is 2.35. The molecule has 9 heteroatoms. The number of hydrogen-bond donors (Lipinski definition) is 3. The van der Waals surface area contributed by atoms with E-state index in [4.69, 9.17) is 11.6 Å².